The molecule has 2 saturated carbocycles. The number of pyridine rings is 1. The third-order valence-corrected chi connectivity index (χ3v) is 6.36. The van der Waals surface area contributed by atoms with E-state index in [1.807, 2.05) is 18.3 Å². The van der Waals surface area contributed by atoms with Crippen LogP contribution in [0.15, 0.2) is 23.3 Å². The van der Waals surface area contributed by atoms with Crippen molar-refractivity contribution in [3.8, 4) is 0 Å². The fourth-order valence-electron chi connectivity index (χ4n) is 4.77. The molecule has 0 amide bonds. The Labute approximate surface area is 177 Å². The van der Waals surface area contributed by atoms with Gasteiger partial charge in [-0.25, -0.2) is 4.98 Å². The molecule has 1 spiro atoms. The van der Waals surface area contributed by atoms with Crippen molar-refractivity contribution in [2.45, 2.75) is 51.2 Å². The number of hydrogen-bond acceptors (Lipinski definition) is 3. The molecule has 0 bridgehead atoms. The van der Waals surface area contributed by atoms with E-state index in [9.17, 15) is 0 Å². The Kier molecular flexibility index (Phi) is 6.67. The molecule has 2 heterocycles. The van der Waals surface area contributed by atoms with Gasteiger partial charge in [0, 0.05) is 43.3 Å². The van der Waals surface area contributed by atoms with Crippen LogP contribution in [-0.2, 0) is 11.2 Å². The summed E-state index contributed by atoms with van der Waals surface area (Å²) < 4.78 is 6.01. The lowest BCUT2D eigenvalue weighted by Gasteiger charge is -2.63. The molecule has 2 N–H and O–H groups in total. The monoisotopic (exact) mass is 490 g/mol. The molecular formula is C19H28ClIN4O. The molecule has 1 saturated heterocycles. The molecule has 5 nitrogen and oxygen atoms in total. The minimum atomic E-state index is 0. The van der Waals surface area contributed by atoms with Gasteiger partial charge >= 0.3 is 0 Å². The maximum Gasteiger partial charge on any atom is 0.191 e. The van der Waals surface area contributed by atoms with Gasteiger partial charge in [0.1, 0.15) is 5.15 Å². The van der Waals surface area contributed by atoms with Crippen molar-refractivity contribution in [3.05, 3.63) is 29.0 Å². The number of hydrogen-bond donors (Lipinski definition) is 2. The van der Waals surface area contributed by atoms with E-state index in [-0.39, 0.29) is 24.0 Å². The number of aliphatic imine (C=N–C) groups is 1. The Hall–Kier alpha value is -0.600. The van der Waals surface area contributed by atoms with Crippen molar-refractivity contribution < 1.29 is 4.74 Å². The van der Waals surface area contributed by atoms with Crippen molar-refractivity contribution >= 4 is 41.5 Å². The number of rotatable bonds is 5. The number of nitrogens with one attached hydrogen (secondary N) is 2. The number of fused-ring (bicyclic) bond motifs is 2. The minimum Gasteiger partial charge on any atom is -0.377 e. The molecule has 2 aliphatic carbocycles. The second kappa shape index (κ2) is 8.61. The fraction of sp³-hybridized carbons (Fsp3) is 0.684. The Bertz CT molecular complexity index is 635. The van der Waals surface area contributed by atoms with Gasteiger partial charge in [-0.3, -0.25) is 4.99 Å². The summed E-state index contributed by atoms with van der Waals surface area (Å²) in [7, 11) is 0. The highest BCUT2D eigenvalue weighted by Crippen LogP contribution is 2.62. The molecule has 4 rings (SSSR count). The van der Waals surface area contributed by atoms with Crippen molar-refractivity contribution in [2.24, 2.45) is 16.3 Å². The van der Waals surface area contributed by atoms with Crippen LogP contribution in [0.4, 0.5) is 0 Å². The molecule has 3 fully saturated rings. The van der Waals surface area contributed by atoms with E-state index in [4.69, 9.17) is 21.3 Å². The number of guanidine groups is 1. The highest BCUT2D eigenvalue weighted by molar-refractivity contribution is 14.0. The third kappa shape index (κ3) is 3.69. The van der Waals surface area contributed by atoms with Crippen LogP contribution in [0, 0.1) is 11.3 Å². The molecule has 3 unspecified atom stereocenters. The van der Waals surface area contributed by atoms with Gasteiger partial charge in [0.05, 0.1) is 6.10 Å². The van der Waals surface area contributed by atoms with E-state index in [1.165, 1.54) is 25.7 Å². The summed E-state index contributed by atoms with van der Waals surface area (Å²) in [6.07, 6.45) is 8.28. The molecule has 7 heteroatoms. The first kappa shape index (κ1) is 20.1. The maximum atomic E-state index is 6.01. The molecule has 1 aromatic heterocycles. The topological polar surface area (TPSA) is 58.5 Å². The van der Waals surface area contributed by atoms with Crippen molar-refractivity contribution in [1.82, 2.24) is 15.6 Å². The van der Waals surface area contributed by atoms with Crippen molar-refractivity contribution in [3.63, 3.8) is 0 Å². The van der Waals surface area contributed by atoms with Crippen LogP contribution >= 0.6 is 35.6 Å². The Balaban J connectivity index is 0.00000196. The predicted octanol–water partition coefficient (Wildman–Crippen LogP) is 3.41. The summed E-state index contributed by atoms with van der Waals surface area (Å²) in [5, 5.41) is 7.67. The lowest BCUT2D eigenvalue weighted by molar-refractivity contribution is -0.171. The zero-order valence-electron chi connectivity index (χ0n) is 15.2. The van der Waals surface area contributed by atoms with Gasteiger partial charge in [-0.1, -0.05) is 24.1 Å². The van der Waals surface area contributed by atoms with Crippen molar-refractivity contribution in [1.29, 1.82) is 0 Å². The van der Waals surface area contributed by atoms with Gasteiger partial charge in [-0.15, -0.1) is 24.0 Å². The van der Waals surface area contributed by atoms with E-state index < -0.39 is 0 Å². The predicted molar refractivity (Wildman–Crippen MR) is 115 cm³/mol. The normalized spacial score (nSPS) is 28.5. The van der Waals surface area contributed by atoms with Crippen LogP contribution < -0.4 is 10.6 Å². The number of halogens is 2. The summed E-state index contributed by atoms with van der Waals surface area (Å²) in [4.78, 5) is 8.91. The number of nitrogens with zero attached hydrogens (tertiary/aromatic N) is 2. The Morgan fingerprint density at radius 3 is 2.92 bits per heavy atom. The van der Waals surface area contributed by atoms with E-state index in [0.29, 0.717) is 28.6 Å². The van der Waals surface area contributed by atoms with Gasteiger partial charge in [-0.2, -0.15) is 0 Å². The van der Waals surface area contributed by atoms with Crippen LogP contribution in [0.25, 0.3) is 0 Å². The molecule has 144 valence electrons. The maximum absolute atomic E-state index is 6.01. The average molecular weight is 491 g/mol. The summed E-state index contributed by atoms with van der Waals surface area (Å²) >= 11 is 5.84. The van der Waals surface area contributed by atoms with Gasteiger partial charge in [0.25, 0.3) is 0 Å². The first-order valence-electron chi connectivity index (χ1n) is 9.50. The minimum absolute atomic E-state index is 0. The molecule has 0 aromatic carbocycles. The van der Waals surface area contributed by atoms with Crippen LogP contribution in [0.2, 0.25) is 5.15 Å². The quantitative estimate of drug-likeness (QED) is 0.287. The lowest BCUT2D eigenvalue weighted by Crippen LogP contribution is -2.72. The summed E-state index contributed by atoms with van der Waals surface area (Å²) in [5.41, 5.74) is 1.53. The van der Waals surface area contributed by atoms with Crippen LogP contribution in [0.3, 0.4) is 0 Å². The van der Waals surface area contributed by atoms with E-state index >= 15 is 0 Å². The summed E-state index contributed by atoms with van der Waals surface area (Å²) in [5.74, 6) is 1.59. The largest absolute Gasteiger partial charge is 0.377 e. The highest BCUT2D eigenvalue weighted by Gasteiger charge is 2.66. The van der Waals surface area contributed by atoms with E-state index in [2.05, 4.69) is 22.5 Å². The molecule has 3 aliphatic rings. The molecule has 1 aliphatic heterocycles. The molecule has 26 heavy (non-hydrogen) atoms. The SMILES string of the molecule is CCNC(=NCCc1ccc(Cl)nc1)NC1C2CCOC2C12CCC2.I. The smallest absolute Gasteiger partial charge is 0.191 e. The summed E-state index contributed by atoms with van der Waals surface area (Å²) in [6.45, 7) is 4.65. The zero-order valence-corrected chi connectivity index (χ0v) is 18.3. The second-order valence-corrected chi connectivity index (χ2v) is 7.84. The highest BCUT2D eigenvalue weighted by atomic mass is 127. The second-order valence-electron chi connectivity index (χ2n) is 7.45. The van der Waals surface area contributed by atoms with Gasteiger partial charge in [0.15, 0.2) is 5.96 Å². The van der Waals surface area contributed by atoms with Gasteiger partial charge in [-0.05, 0) is 44.2 Å². The van der Waals surface area contributed by atoms with Crippen LogP contribution in [0.5, 0.6) is 0 Å². The van der Waals surface area contributed by atoms with Crippen LogP contribution in [0.1, 0.15) is 38.2 Å². The van der Waals surface area contributed by atoms with Gasteiger partial charge < -0.3 is 15.4 Å². The summed E-state index contributed by atoms with van der Waals surface area (Å²) in [6, 6.07) is 4.36. The number of ether oxygens (including phenoxy) is 1. The molecule has 0 radical (unpaired) electrons. The zero-order chi connectivity index (χ0) is 17.3. The Morgan fingerprint density at radius 1 is 1.42 bits per heavy atom. The lowest BCUT2D eigenvalue weighted by atomic mass is 9.46. The van der Waals surface area contributed by atoms with E-state index in [0.717, 1.165) is 37.6 Å². The molecular weight excluding hydrogens is 463 g/mol. The Morgan fingerprint density at radius 2 is 2.27 bits per heavy atom. The average Bonchev–Trinajstić information content (AvgIpc) is 2.98. The third-order valence-electron chi connectivity index (χ3n) is 6.13. The van der Waals surface area contributed by atoms with E-state index in [1.54, 1.807) is 0 Å². The van der Waals surface area contributed by atoms with Gasteiger partial charge in [0.2, 0.25) is 0 Å². The fourth-order valence-corrected chi connectivity index (χ4v) is 4.89. The molecule has 3 atom stereocenters. The first-order valence-corrected chi connectivity index (χ1v) is 9.87. The first-order chi connectivity index (χ1) is 12.2. The molecule has 1 aromatic rings. The van der Waals surface area contributed by atoms with Crippen molar-refractivity contribution in [2.75, 3.05) is 19.7 Å². The number of aromatic nitrogens is 1. The standard InChI is InChI=1S/C19H27ClN4O.HI/c1-2-21-18(22-10-6-13-4-5-15(20)23-12-13)24-16-14-7-11-25-17(14)19(16)8-3-9-19;/h4-5,12,14,16-17H,2-3,6-11H2,1H3,(H2,21,22,24);1H. The van der Waals surface area contributed by atoms with Crippen LogP contribution in [-0.4, -0.2) is 42.8 Å².